The Kier molecular flexibility index (Phi) is 4.77. The van der Waals surface area contributed by atoms with Crippen LogP contribution in [-0.4, -0.2) is 38.3 Å². The molecule has 0 aliphatic heterocycles. The van der Waals surface area contributed by atoms with E-state index in [1.165, 1.54) is 18.9 Å². The fourth-order valence-corrected chi connectivity index (χ4v) is 1.09. The van der Waals surface area contributed by atoms with E-state index in [0.717, 1.165) is 0 Å². The van der Waals surface area contributed by atoms with E-state index in [1.807, 2.05) is 25.3 Å². The Labute approximate surface area is 71.4 Å². The number of hydrogen-bond donors (Lipinski definition) is 0. The third-order valence-electron chi connectivity index (χ3n) is 0.982. The number of ether oxygens (including phenoxy) is 1. The molecule has 0 aromatic rings. The van der Waals surface area contributed by atoms with Gasteiger partial charge in [-0.15, -0.1) is 11.8 Å². The number of carbonyl (C=O) groups excluding carboxylic acids is 1. The van der Waals surface area contributed by atoms with Crippen molar-refractivity contribution < 1.29 is 9.53 Å². The van der Waals surface area contributed by atoms with Crippen molar-refractivity contribution in [3.8, 4) is 0 Å². The van der Waals surface area contributed by atoms with Gasteiger partial charge in [-0.05, 0) is 6.26 Å². The highest BCUT2D eigenvalue weighted by molar-refractivity contribution is 8.03. The van der Waals surface area contributed by atoms with Crippen molar-refractivity contribution in [2.75, 3.05) is 27.5 Å². The van der Waals surface area contributed by atoms with Crippen LogP contribution in [0.1, 0.15) is 0 Å². The molecule has 11 heavy (non-hydrogen) atoms. The molecule has 0 aromatic heterocycles. The molecule has 0 amide bonds. The summed E-state index contributed by atoms with van der Waals surface area (Å²) in [6.45, 7) is 0. The molecule has 64 valence electrons. The van der Waals surface area contributed by atoms with Crippen LogP contribution in [0.2, 0.25) is 0 Å². The van der Waals surface area contributed by atoms with E-state index in [0.29, 0.717) is 4.91 Å². The molecule has 0 saturated heterocycles. The van der Waals surface area contributed by atoms with E-state index >= 15 is 0 Å². The van der Waals surface area contributed by atoms with Gasteiger partial charge in [0.15, 0.2) is 0 Å². The Morgan fingerprint density at radius 3 is 2.36 bits per heavy atom. The quantitative estimate of drug-likeness (QED) is 0.471. The Hall–Kier alpha value is -0.640. The van der Waals surface area contributed by atoms with E-state index in [1.54, 1.807) is 6.20 Å². The fraction of sp³-hybridized carbons (Fsp3) is 0.571. The van der Waals surface area contributed by atoms with Gasteiger partial charge < -0.3 is 9.64 Å². The Bertz CT molecular complexity index is 166. The third kappa shape index (κ3) is 3.93. The van der Waals surface area contributed by atoms with Crippen LogP contribution in [-0.2, 0) is 9.53 Å². The molecular formula is C7H13NO2S. The van der Waals surface area contributed by atoms with Crippen LogP contribution in [0, 0.1) is 0 Å². The van der Waals surface area contributed by atoms with Crippen LogP contribution < -0.4 is 0 Å². The summed E-state index contributed by atoms with van der Waals surface area (Å²) in [4.78, 5) is 13.4. The van der Waals surface area contributed by atoms with Crippen molar-refractivity contribution in [3.05, 3.63) is 11.1 Å². The van der Waals surface area contributed by atoms with E-state index in [9.17, 15) is 4.79 Å². The summed E-state index contributed by atoms with van der Waals surface area (Å²) in [5.74, 6) is -0.286. The molecule has 0 atom stereocenters. The summed E-state index contributed by atoms with van der Waals surface area (Å²) in [6.07, 6.45) is 3.57. The van der Waals surface area contributed by atoms with Crippen molar-refractivity contribution in [1.82, 2.24) is 4.90 Å². The molecule has 0 unspecified atom stereocenters. The van der Waals surface area contributed by atoms with Crippen LogP contribution in [0.4, 0.5) is 0 Å². The van der Waals surface area contributed by atoms with Gasteiger partial charge in [0, 0.05) is 20.3 Å². The zero-order valence-corrected chi connectivity index (χ0v) is 8.07. The van der Waals surface area contributed by atoms with Gasteiger partial charge in [0.1, 0.15) is 4.91 Å². The van der Waals surface area contributed by atoms with Gasteiger partial charge in [-0.2, -0.15) is 0 Å². The molecule has 4 heteroatoms. The van der Waals surface area contributed by atoms with Gasteiger partial charge in [0.25, 0.3) is 0 Å². The number of thioether (sulfide) groups is 1. The maximum absolute atomic E-state index is 10.9. The van der Waals surface area contributed by atoms with E-state index in [-0.39, 0.29) is 5.97 Å². The molecule has 0 fully saturated rings. The van der Waals surface area contributed by atoms with Crippen molar-refractivity contribution >= 4 is 17.7 Å². The highest BCUT2D eigenvalue weighted by atomic mass is 32.2. The first-order valence-corrected chi connectivity index (χ1v) is 4.34. The van der Waals surface area contributed by atoms with E-state index in [2.05, 4.69) is 4.74 Å². The van der Waals surface area contributed by atoms with E-state index < -0.39 is 0 Å². The zero-order valence-electron chi connectivity index (χ0n) is 7.25. The summed E-state index contributed by atoms with van der Waals surface area (Å²) < 4.78 is 4.55. The average molecular weight is 175 g/mol. The molecule has 0 spiro atoms. The molecule has 0 heterocycles. The highest BCUT2D eigenvalue weighted by Gasteiger charge is 2.07. The number of carbonyl (C=O) groups is 1. The summed E-state index contributed by atoms with van der Waals surface area (Å²) >= 11 is 1.38. The summed E-state index contributed by atoms with van der Waals surface area (Å²) in [5.41, 5.74) is 0. The molecular weight excluding hydrogens is 162 g/mol. The largest absolute Gasteiger partial charge is 0.465 e. The average Bonchev–Trinajstić information content (AvgIpc) is 1.98. The number of rotatable bonds is 3. The maximum atomic E-state index is 10.9. The topological polar surface area (TPSA) is 29.5 Å². The predicted octanol–water partition coefficient (Wildman–Crippen LogP) is 0.925. The predicted molar refractivity (Wildman–Crippen MR) is 47.3 cm³/mol. The first kappa shape index (κ1) is 10.4. The molecule has 3 nitrogen and oxygen atoms in total. The van der Waals surface area contributed by atoms with Gasteiger partial charge in [0.05, 0.1) is 7.11 Å². The SMILES string of the molecule is COC(=O)C(=CN(C)C)SC. The van der Waals surface area contributed by atoms with Crippen LogP contribution >= 0.6 is 11.8 Å². The smallest absolute Gasteiger partial charge is 0.345 e. The molecule has 0 radical (unpaired) electrons. The fourth-order valence-electron chi connectivity index (χ4n) is 0.524. The van der Waals surface area contributed by atoms with Crippen molar-refractivity contribution in [2.45, 2.75) is 0 Å². The second-order valence-corrected chi connectivity index (χ2v) is 3.00. The van der Waals surface area contributed by atoms with Crippen molar-refractivity contribution in [2.24, 2.45) is 0 Å². The second-order valence-electron chi connectivity index (χ2n) is 2.15. The lowest BCUT2D eigenvalue weighted by molar-refractivity contribution is -0.135. The summed E-state index contributed by atoms with van der Waals surface area (Å²) in [7, 11) is 5.10. The number of nitrogens with zero attached hydrogens (tertiary/aromatic N) is 1. The Morgan fingerprint density at radius 1 is 1.55 bits per heavy atom. The minimum Gasteiger partial charge on any atom is -0.465 e. The molecule has 0 aromatic carbocycles. The zero-order chi connectivity index (χ0) is 8.85. The lowest BCUT2D eigenvalue weighted by Crippen LogP contribution is -2.08. The lowest BCUT2D eigenvalue weighted by atomic mass is 10.6. The lowest BCUT2D eigenvalue weighted by Gasteiger charge is -2.07. The minimum absolute atomic E-state index is 0.286. The molecule has 0 N–H and O–H groups in total. The van der Waals surface area contributed by atoms with Crippen molar-refractivity contribution in [3.63, 3.8) is 0 Å². The maximum Gasteiger partial charge on any atom is 0.345 e. The Balaban J connectivity index is 4.27. The highest BCUT2D eigenvalue weighted by Crippen LogP contribution is 2.12. The molecule has 0 saturated carbocycles. The van der Waals surface area contributed by atoms with Gasteiger partial charge in [-0.25, -0.2) is 4.79 Å². The van der Waals surface area contributed by atoms with Crippen LogP contribution in [0.15, 0.2) is 11.1 Å². The minimum atomic E-state index is -0.286. The first-order valence-electron chi connectivity index (χ1n) is 3.12. The van der Waals surface area contributed by atoms with Crippen molar-refractivity contribution in [1.29, 1.82) is 0 Å². The number of esters is 1. The standard InChI is InChI=1S/C7H13NO2S/c1-8(2)5-6(11-4)7(9)10-3/h5H,1-4H3. The van der Waals surface area contributed by atoms with Gasteiger partial charge in [0.2, 0.25) is 0 Å². The monoisotopic (exact) mass is 175 g/mol. The second kappa shape index (κ2) is 5.07. The number of hydrogen-bond acceptors (Lipinski definition) is 4. The van der Waals surface area contributed by atoms with Gasteiger partial charge in [-0.3, -0.25) is 0 Å². The Morgan fingerprint density at radius 2 is 2.09 bits per heavy atom. The van der Waals surface area contributed by atoms with Gasteiger partial charge in [-0.1, -0.05) is 0 Å². The summed E-state index contributed by atoms with van der Waals surface area (Å²) in [6, 6.07) is 0. The number of methoxy groups -OCH3 is 1. The molecule has 0 aliphatic carbocycles. The van der Waals surface area contributed by atoms with E-state index in [4.69, 9.17) is 0 Å². The molecule has 0 rings (SSSR count). The summed E-state index contributed by atoms with van der Waals surface area (Å²) in [5, 5.41) is 0. The molecule has 0 aliphatic rings. The normalized spacial score (nSPS) is 11.1. The van der Waals surface area contributed by atoms with Crippen LogP contribution in [0.25, 0.3) is 0 Å². The molecule has 0 bridgehead atoms. The van der Waals surface area contributed by atoms with Gasteiger partial charge >= 0.3 is 5.97 Å². The van der Waals surface area contributed by atoms with Crippen LogP contribution in [0.5, 0.6) is 0 Å². The first-order chi connectivity index (χ1) is 5.11. The van der Waals surface area contributed by atoms with Crippen LogP contribution in [0.3, 0.4) is 0 Å². The third-order valence-corrected chi connectivity index (χ3v) is 1.69.